The van der Waals surface area contributed by atoms with Gasteiger partial charge in [-0.2, -0.15) is 0 Å². The number of fused-ring (bicyclic) bond motifs is 1. The molecule has 2 aliphatic rings. The van der Waals surface area contributed by atoms with Crippen molar-refractivity contribution < 1.29 is 14.0 Å². The third-order valence-corrected chi connectivity index (χ3v) is 4.30. The number of amides is 3. The number of imide groups is 1. The fraction of sp³-hybridized carbons (Fsp3) is 0.500. The fourth-order valence-electron chi connectivity index (χ4n) is 3.29. The summed E-state index contributed by atoms with van der Waals surface area (Å²) in [5.74, 6) is -0.474. The molecule has 1 N–H and O–H groups in total. The van der Waals surface area contributed by atoms with Gasteiger partial charge in [-0.05, 0) is 44.5 Å². The minimum absolute atomic E-state index is 0.154. The largest absolute Gasteiger partial charge is 0.327 e. The zero-order chi connectivity index (χ0) is 15.9. The lowest BCUT2D eigenvalue weighted by molar-refractivity contribution is -0.136. The maximum atomic E-state index is 13.4. The molecule has 0 spiro atoms. The van der Waals surface area contributed by atoms with Crippen LogP contribution in [0.5, 0.6) is 0 Å². The third kappa shape index (κ3) is 2.47. The summed E-state index contributed by atoms with van der Waals surface area (Å²) in [5, 5.41) is 3.18. The van der Waals surface area contributed by atoms with Gasteiger partial charge in [-0.3, -0.25) is 9.69 Å². The number of carbonyl (C=O) groups excluding carboxylic acids is 2. The van der Waals surface area contributed by atoms with Crippen molar-refractivity contribution in [1.29, 1.82) is 0 Å². The van der Waals surface area contributed by atoms with Gasteiger partial charge in [0.25, 0.3) is 0 Å². The van der Waals surface area contributed by atoms with Gasteiger partial charge in [-0.1, -0.05) is 12.1 Å². The first-order valence-corrected chi connectivity index (χ1v) is 7.60. The SMILES string of the molecule is CC(C)N1C(=O)C2NCCC2N(Cc2cccc(F)c2)C1=O. The van der Waals surface area contributed by atoms with E-state index in [1.54, 1.807) is 17.0 Å². The van der Waals surface area contributed by atoms with E-state index >= 15 is 0 Å². The Morgan fingerprint density at radius 3 is 2.82 bits per heavy atom. The molecular formula is C16H20FN3O2. The van der Waals surface area contributed by atoms with Gasteiger partial charge in [0, 0.05) is 12.6 Å². The summed E-state index contributed by atoms with van der Waals surface area (Å²) >= 11 is 0. The van der Waals surface area contributed by atoms with Crippen LogP contribution in [0.4, 0.5) is 9.18 Å². The van der Waals surface area contributed by atoms with E-state index in [0.717, 1.165) is 12.0 Å². The van der Waals surface area contributed by atoms with Gasteiger partial charge in [-0.15, -0.1) is 0 Å². The summed E-state index contributed by atoms with van der Waals surface area (Å²) in [6.07, 6.45) is 0.739. The van der Waals surface area contributed by atoms with Crippen LogP contribution in [0.1, 0.15) is 25.8 Å². The predicted molar refractivity (Wildman–Crippen MR) is 79.5 cm³/mol. The molecule has 22 heavy (non-hydrogen) atoms. The maximum Gasteiger partial charge on any atom is 0.327 e. The molecule has 0 bridgehead atoms. The average molecular weight is 305 g/mol. The van der Waals surface area contributed by atoms with E-state index in [0.29, 0.717) is 13.1 Å². The molecule has 2 fully saturated rings. The molecule has 2 atom stereocenters. The zero-order valence-corrected chi connectivity index (χ0v) is 12.8. The molecule has 1 aromatic rings. The molecule has 6 heteroatoms. The van der Waals surface area contributed by atoms with Crippen molar-refractivity contribution in [1.82, 2.24) is 15.1 Å². The number of nitrogens with zero attached hydrogens (tertiary/aromatic N) is 2. The predicted octanol–water partition coefficient (Wildman–Crippen LogP) is 1.73. The van der Waals surface area contributed by atoms with E-state index in [-0.39, 0.29) is 35.9 Å². The summed E-state index contributed by atoms with van der Waals surface area (Å²) < 4.78 is 13.4. The number of halogens is 1. The van der Waals surface area contributed by atoms with E-state index in [1.165, 1.54) is 17.0 Å². The van der Waals surface area contributed by atoms with Gasteiger partial charge >= 0.3 is 6.03 Å². The van der Waals surface area contributed by atoms with E-state index in [2.05, 4.69) is 5.32 Å². The van der Waals surface area contributed by atoms with Crippen molar-refractivity contribution in [3.8, 4) is 0 Å². The maximum absolute atomic E-state index is 13.4. The molecular weight excluding hydrogens is 285 g/mol. The van der Waals surface area contributed by atoms with Gasteiger partial charge < -0.3 is 10.2 Å². The van der Waals surface area contributed by atoms with Crippen LogP contribution in [-0.2, 0) is 11.3 Å². The summed E-state index contributed by atoms with van der Waals surface area (Å²) in [5.41, 5.74) is 0.733. The van der Waals surface area contributed by atoms with Crippen molar-refractivity contribution in [3.63, 3.8) is 0 Å². The number of rotatable bonds is 3. The molecule has 2 aliphatic heterocycles. The van der Waals surface area contributed by atoms with Crippen LogP contribution in [0, 0.1) is 5.82 Å². The highest BCUT2D eigenvalue weighted by Crippen LogP contribution is 2.27. The molecule has 0 saturated carbocycles. The standard InChI is InChI=1S/C16H20FN3O2/c1-10(2)20-15(21)14-13(6-7-18-14)19(16(20)22)9-11-4-3-5-12(17)8-11/h3-5,8,10,13-14,18H,6-7,9H2,1-2H3. The van der Waals surface area contributed by atoms with Crippen molar-refractivity contribution >= 4 is 11.9 Å². The fourth-order valence-corrected chi connectivity index (χ4v) is 3.29. The molecule has 0 aromatic heterocycles. The Bertz CT molecular complexity index is 605. The topological polar surface area (TPSA) is 52.7 Å². The molecule has 2 saturated heterocycles. The zero-order valence-electron chi connectivity index (χ0n) is 12.8. The minimum Gasteiger partial charge on any atom is -0.315 e. The van der Waals surface area contributed by atoms with Gasteiger partial charge in [0.05, 0.1) is 6.04 Å². The van der Waals surface area contributed by atoms with Crippen LogP contribution in [0.3, 0.4) is 0 Å². The summed E-state index contributed by atoms with van der Waals surface area (Å²) in [4.78, 5) is 28.2. The summed E-state index contributed by atoms with van der Waals surface area (Å²) in [6.45, 7) is 4.67. The van der Waals surface area contributed by atoms with Crippen molar-refractivity contribution in [2.75, 3.05) is 6.54 Å². The van der Waals surface area contributed by atoms with Crippen LogP contribution >= 0.6 is 0 Å². The third-order valence-electron chi connectivity index (χ3n) is 4.30. The van der Waals surface area contributed by atoms with Gasteiger partial charge in [0.15, 0.2) is 0 Å². The molecule has 0 radical (unpaired) electrons. The molecule has 3 amide bonds. The number of urea groups is 1. The average Bonchev–Trinajstić information content (AvgIpc) is 2.93. The number of benzene rings is 1. The highest BCUT2D eigenvalue weighted by Gasteiger charge is 2.48. The Morgan fingerprint density at radius 2 is 2.14 bits per heavy atom. The quantitative estimate of drug-likeness (QED) is 0.925. The first kappa shape index (κ1) is 15.0. The van der Waals surface area contributed by atoms with Crippen LogP contribution in [-0.4, -0.2) is 46.4 Å². The van der Waals surface area contributed by atoms with Gasteiger partial charge in [0.2, 0.25) is 5.91 Å². The van der Waals surface area contributed by atoms with Crippen molar-refractivity contribution in [2.24, 2.45) is 0 Å². The normalized spacial score (nSPS) is 25.1. The molecule has 2 unspecified atom stereocenters. The molecule has 1 aromatic carbocycles. The Hall–Kier alpha value is -1.95. The van der Waals surface area contributed by atoms with E-state index < -0.39 is 0 Å². The Morgan fingerprint density at radius 1 is 1.36 bits per heavy atom. The highest BCUT2D eigenvalue weighted by molar-refractivity contribution is 6.01. The van der Waals surface area contributed by atoms with Crippen LogP contribution in [0.15, 0.2) is 24.3 Å². The smallest absolute Gasteiger partial charge is 0.315 e. The van der Waals surface area contributed by atoms with Crippen LogP contribution in [0.25, 0.3) is 0 Å². The lowest BCUT2D eigenvalue weighted by Crippen LogP contribution is -2.65. The van der Waals surface area contributed by atoms with E-state index in [9.17, 15) is 14.0 Å². The molecule has 3 rings (SSSR count). The van der Waals surface area contributed by atoms with Crippen LogP contribution in [0.2, 0.25) is 0 Å². The molecule has 118 valence electrons. The van der Waals surface area contributed by atoms with Gasteiger partial charge in [-0.25, -0.2) is 9.18 Å². The van der Waals surface area contributed by atoms with Crippen LogP contribution < -0.4 is 5.32 Å². The second kappa shape index (κ2) is 5.68. The second-order valence-electron chi connectivity index (χ2n) is 6.13. The molecule has 0 aliphatic carbocycles. The van der Waals surface area contributed by atoms with E-state index in [1.807, 2.05) is 13.8 Å². The summed E-state index contributed by atoms with van der Waals surface area (Å²) in [7, 11) is 0. The number of nitrogens with one attached hydrogen (secondary N) is 1. The van der Waals surface area contributed by atoms with Crippen molar-refractivity contribution in [3.05, 3.63) is 35.6 Å². The number of hydrogen-bond donors (Lipinski definition) is 1. The lowest BCUT2D eigenvalue weighted by atomic mass is 10.0. The Kier molecular flexibility index (Phi) is 3.87. The first-order chi connectivity index (χ1) is 10.5. The number of carbonyl (C=O) groups is 2. The first-order valence-electron chi connectivity index (χ1n) is 7.60. The minimum atomic E-state index is -0.353. The van der Waals surface area contributed by atoms with E-state index in [4.69, 9.17) is 0 Å². The number of hydrogen-bond acceptors (Lipinski definition) is 3. The van der Waals surface area contributed by atoms with Gasteiger partial charge in [0.1, 0.15) is 11.9 Å². The monoisotopic (exact) mass is 305 g/mol. The highest BCUT2D eigenvalue weighted by atomic mass is 19.1. The summed E-state index contributed by atoms with van der Waals surface area (Å²) in [6, 6.07) is 5.25. The Balaban J connectivity index is 1.90. The Labute approximate surface area is 129 Å². The van der Waals surface area contributed by atoms with Crippen molar-refractivity contribution in [2.45, 2.75) is 44.9 Å². The molecule has 5 nitrogen and oxygen atoms in total. The molecule has 2 heterocycles. The lowest BCUT2D eigenvalue weighted by Gasteiger charge is -2.43. The second-order valence-corrected chi connectivity index (χ2v) is 6.13.